The van der Waals surface area contributed by atoms with Crippen LogP contribution in [0.4, 0.5) is 0 Å². The second-order valence-corrected chi connectivity index (χ2v) is 14.3. The van der Waals surface area contributed by atoms with Crippen molar-refractivity contribution >= 4 is 8.32 Å². The Labute approximate surface area is 160 Å². The molecule has 4 aliphatic carbocycles. The molecule has 0 saturated heterocycles. The Morgan fingerprint density at radius 1 is 1.15 bits per heavy atom. The number of rotatable bonds is 4. The van der Waals surface area contributed by atoms with E-state index >= 15 is 0 Å². The minimum Gasteiger partial charge on any atom is -0.501 e. The number of hydrogen-bond acceptors (Lipinski definition) is 2. The Balaban J connectivity index is 1.61. The molecule has 0 radical (unpaired) electrons. The Morgan fingerprint density at radius 3 is 2.65 bits per heavy atom. The van der Waals surface area contributed by atoms with Crippen LogP contribution in [-0.2, 0) is 9.16 Å². The molecule has 0 N–H and O–H groups in total. The predicted molar refractivity (Wildman–Crippen MR) is 110 cm³/mol. The number of hydrogen-bond donors (Lipinski definition) is 0. The molecule has 0 aromatic heterocycles. The lowest BCUT2D eigenvalue weighted by atomic mass is 9.54. The third kappa shape index (κ3) is 2.95. The van der Waals surface area contributed by atoms with Crippen LogP contribution in [0.1, 0.15) is 51.9 Å². The van der Waals surface area contributed by atoms with Crippen molar-refractivity contribution in [1.29, 1.82) is 0 Å². The number of fused-ring (bicyclic) bond motifs is 5. The average molecular weight is 373 g/mol. The molecule has 0 aromatic carbocycles. The van der Waals surface area contributed by atoms with Crippen molar-refractivity contribution in [3.63, 3.8) is 0 Å². The van der Waals surface area contributed by atoms with Crippen molar-refractivity contribution in [3.05, 3.63) is 35.1 Å². The maximum Gasteiger partial charge on any atom is 0.184 e. The van der Waals surface area contributed by atoms with Crippen molar-refractivity contribution in [2.45, 2.75) is 77.6 Å². The van der Waals surface area contributed by atoms with E-state index in [0.717, 1.165) is 29.9 Å². The minimum atomic E-state index is -1.49. The van der Waals surface area contributed by atoms with Gasteiger partial charge in [0.2, 0.25) is 0 Å². The summed E-state index contributed by atoms with van der Waals surface area (Å²) in [5.74, 6) is 3.55. The van der Waals surface area contributed by atoms with Gasteiger partial charge in [0.05, 0.1) is 19.0 Å². The third-order valence-corrected chi connectivity index (χ3v) is 8.66. The second-order valence-electron chi connectivity index (χ2n) is 9.87. The molecule has 0 aliphatic heterocycles. The normalized spacial score (nSPS) is 39.2. The van der Waals surface area contributed by atoms with Crippen LogP contribution >= 0.6 is 0 Å². The lowest BCUT2D eigenvalue weighted by Gasteiger charge is -2.53. The van der Waals surface area contributed by atoms with Gasteiger partial charge < -0.3 is 9.16 Å². The van der Waals surface area contributed by atoms with Gasteiger partial charge in [0, 0.05) is 6.42 Å². The van der Waals surface area contributed by atoms with E-state index in [1.165, 1.54) is 44.1 Å². The van der Waals surface area contributed by atoms with E-state index in [-0.39, 0.29) is 0 Å². The molecule has 3 heteroatoms. The van der Waals surface area contributed by atoms with Gasteiger partial charge in [-0.05, 0) is 98.6 Å². The maximum atomic E-state index is 6.76. The highest BCUT2D eigenvalue weighted by molar-refractivity contribution is 6.69. The van der Waals surface area contributed by atoms with Crippen molar-refractivity contribution in [2.75, 3.05) is 7.11 Å². The fraction of sp³-hybridized carbons (Fsp3) is 0.739. The molecule has 4 aliphatic rings. The van der Waals surface area contributed by atoms with E-state index in [4.69, 9.17) is 9.16 Å². The van der Waals surface area contributed by atoms with Gasteiger partial charge in [-0.15, -0.1) is 0 Å². The first-order valence-corrected chi connectivity index (χ1v) is 14.1. The maximum absolute atomic E-state index is 6.76. The van der Waals surface area contributed by atoms with Gasteiger partial charge in [-0.1, -0.05) is 19.1 Å². The summed E-state index contributed by atoms with van der Waals surface area (Å²) in [5.41, 5.74) is 3.52. The quantitative estimate of drug-likeness (QED) is 0.545. The summed E-state index contributed by atoms with van der Waals surface area (Å²) in [5, 5.41) is 0. The van der Waals surface area contributed by atoms with Crippen molar-refractivity contribution < 1.29 is 9.16 Å². The molecule has 2 nitrogen and oxygen atoms in total. The Kier molecular flexibility index (Phi) is 4.76. The summed E-state index contributed by atoms with van der Waals surface area (Å²) in [6.07, 6.45) is 16.6. The molecule has 0 amide bonds. The molecule has 4 rings (SSSR count). The van der Waals surface area contributed by atoms with Gasteiger partial charge in [-0.2, -0.15) is 0 Å². The molecule has 0 heterocycles. The van der Waals surface area contributed by atoms with Crippen LogP contribution in [0.25, 0.3) is 0 Å². The summed E-state index contributed by atoms with van der Waals surface area (Å²) in [7, 11) is 0.306. The minimum absolute atomic E-state index is 0.440. The molecular formula is C23H36O2Si. The zero-order valence-electron chi connectivity index (χ0n) is 17.3. The first kappa shape index (κ1) is 18.6. The number of ether oxygens (including phenoxy) is 1. The summed E-state index contributed by atoms with van der Waals surface area (Å²) in [4.78, 5) is 0. The third-order valence-electron chi connectivity index (χ3n) is 7.67. The molecule has 144 valence electrons. The number of allylic oxidation sites excluding steroid dienone is 5. The van der Waals surface area contributed by atoms with Gasteiger partial charge in [-0.3, -0.25) is 0 Å². The lowest BCUT2D eigenvalue weighted by molar-refractivity contribution is -0.0348. The van der Waals surface area contributed by atoms with E-state index in [1.54, 1.807) is 12.7 Å². The standard InChI is InChI=1S/C23H36O2Si/c1-6-23-14-13-19-18-10-8-17(24-2)15-16(18)7-9-20(19)21(23)11-12-22(23)25-26(3,4)5/h7,10,15,19-22H,6,8-9,11-14H2,1-5H3/t19-,20-,21+,22+,23+/m1/s1. The highest BCUT2D eigenvalue weighted by atomic mass is 28.4. The predicted octanol–water partition coefficient (Wildman–Crippen LogP) is 6.23. The van der Waals surface area contributed by atoms with Crippen LogP contribution in [0.2, 0.25) is 19.6 Å². The first-order valence-electron chi connectivity index (χ1n) is 10.7. The summed E-state index contributed by atoms with van der Waals surface area (Å²) < 4.78 is 12.3. The smallest absolute Gasteiger partial charge is 0.184 e. The molecule has 5 atom stereocenters. The van der Waals surface area contributed by atoms with Crippen LogP contribution < -0.4 is 0 Å². The topological polar surface area (TPSA) is 18.5 Å². The molecule has 0 aromatic rings. The average Bonchev–Trinajstić information content (AvgIpc) is 2.98. The fourth-order valence-corrected chi connectivity index (χ4v) is 7.83. The van der Waals surface area contributed by atoms with E-state index in [9.17, 15) is 0 Å². The van der Waals surface area contributed by atoms with Gasteiger partial charge in [0.15, 0.2) is 8.32 Å². The monoisotopic (exact) mass is 372 g/mol. The molecule has 2 fully saturated rings. The fourth-order valence-electron chi connectivity index (χ4n) is 6.63. The van der Waals surface area contributed by atoms with Crippen LogP contribution in [0, 0.1) is 23.2 Å². The van der Waals surface area contributed by atoms with Crippen LogP contribution in [0.3, 0.4) is 0 Å². The Hall–Kier alpha value is -0.803. The first-order chi connectivity index (χ1) is 12.4. The summed E-state index contributed by atoms with van der Waals surface area (Å²) in [6.45, 7) is 9.50. The van der Waals surface area contributed by atoms with Gasteiger partial charge in [-0.25, -0.2) is 0 Å². The second kappa shape index (κ2) is 6.67. The number of methoxy groups -OCH3 is 1. The highest BCUT2D eigenvalue weighted by Gasteiger charge is 2.57. The van der Waals surface area contributed by atoms with Crippen LogP contribution in [-0.4, -0.2) is 21.5 Å². The van der Waals surface area contributed by atoms with Gasteiger partial charge >= 0.3 is 0 Å². The van der Waals surface area contributed by atoms with E-state index < -0.39 is 8.32 Å². The SMILES string of the molecule is CC[C@]12CC[C@@H]3C4=CCC(OC)=CC4=CC[C@H]3[C@@H]1CC[C@@H]2O[Si](C)(C)C. The van der Waals surface area contributed by atoms with Crippen molar-refractivity contribution in [2.24, 2.45) is 23.2 Å². The van der Waals surface area contributed by atoms with Crippen LogP contribution in [0.15, 0.2) is 35.1 Å². The van der Waals surface area contributed by atoms with Crippen molar-refractivity contribution in [3.8, 4) is 0 Å². The zero-order valence-corrected chi connectivity index (χ0v) is 18.3. The largest absolute Gasteiger partial charge is 0.501 e. The molecule has 0 bridgehead atoms. The lowest BCUT2D eigenvalue weighted by Crippen LogP contribution is -2.49. The van der Waals surface area contributed by atoms with E-state index in [0.29, 0.717) is 11.5 Å². The summed E-state index contributed by atoms with van der Waals surface area (Å²) in [6, 6.07) is 0. The molecule has 2 saturated carbocycles. The van der Waals surface area contributed by atoms with Crippen LogP contribution in [0.5, 0.6) is 0 Å². The zero-order chi connectivity index (χ0) is 18.5. The molecule has 0 unspecified atom stereocenters. The highest BCUT2D eigenvalue weighted by Crippen LogP contribution is 2.62. The van der Waals surface area contributed by atoms with Gasteiger partial charge in [0.25, 0.3) is 0 Å². The molecular weight excluding hydrogens is 336 g/mol. The van der Waals surface area contributed by atoms with E-state index in [2.05, 4.69) is 44.8 Å². The summed E-state index contributed by atoms with van der Waals surface area (Å²) >= 11 is 0. The van der Waals surface area contributed by atoms with Gasteiger partial charge in [0.1, 0.15) is 0 Å². The van der Waals surface area contributed by atoms with Crippen molar-refractivity contribution in [1.82, 2.24) is 0 Å². The molecule has 26 heavy (non-hydrogen) atoms. The van der Waals surface area contributed by atoms with E-state index in [1.807, 2.05) is 0 Å². The molecule has 0 spiro atoms. The Bertz CT molecular complexity index is 654. The Morgan fingerprint density at radius 2 is 1.96 bits per heavy atom.